The van der Waals surface area contributed by atoms with Crippen molar-refractivity contribution in [2.75, 3.05) is 0 Å². The number of rotatable bonds is 3. The number of hydrogen-bond donors (Lipinski definition) is 0. The van der Waals surface area contributed by atoms with E-state index in [1.54, 1.807) is 19.1 Å². The van der Waals surface area contributed by atoms with Crippen LogP contribution in [0.5, 0.6) is 0 Å². The van der Waals surface area contributed by atoms with Crippen LogP contribution in [0.2, 0.25) is 0 Å². The second kappa shape index (κ2) is 4.70. The summed E-state index contributed by atoms with van der Waals surface area (Å²) in [4.78, 5) is -0.000125. The third kappa shape index (κ3) is 2.54. The predicted molar refractivity (Wildman–Crippen MR) is 64.5 cm³/mol. The fourth-order valence-electron chi connectivity index (χ4n) is 1.53. The highest BCUT2D eigenvalue weighted by atomic mass is 35.7. The maximum absolute atomic E-state index is 12.3. The Labute approximate surface area is 108 Å². The predicted octanol–water partition coefficient (Wildman–Crippen LogP) is 3.05. The first-order valence-corrected chi connectivity index (χ1v) is 7.30. The molecule has 4 nitrogen and oxygen atoms in total. The van der Waals surface area contributed by atoms with Crippen LogP contribution in [-0.4, -0.2) is 13.6 Å². The quantitative estimate of drug-likeness (QED) is 0.815. The van der Waals surface area contributed by atoms with Gasteiger partial charge in [-0.15, -0.1) is 0 Å². The van der Waals surface area contributed by atoms with Crippen LogP contribution in [0.3, 0.4) is 0 Å². The summed E-state index contributed by atoms with van der Waals surface area (Å²) in [6.07, 6.45) is 0. The summed E-state index contributed by atoms with van der Waals surface area (Å²) in [7, 11) is 1.50. The summed E-state index contributed by atoms with van der Waals surface area (Å²) < 4.78 is 40.0. The van der Waals surface area contributed by atoms with Crippen molar-refractivity contribution in [1.82, 2.24) is 5.16 Å². The Morgan fingerprint density at radius 2 is 2.11 bits per heavy atom. The van der Waals surface area contributed by atoms with Crippen LogP contribution in [-0.2, 0) is 15.7 Å². The molecule has 0 spiro atoms. The molecule has 0 aliphatic carbocycles. The van der Waals surface area contributed by atoms with Gasteiger partial charge in [0.25, 0.3) is 9.05 Å². The molecule has 0 amide bonds. The SMILES string of the molecule is Cc1ccc(-c2cc(CF)no2)cc1S(=O)(=O)Cl. The fourth-order valence-corrected chi connectivity index (χ4v) is 2.75. The minimum atomic E-state index is -3.83. The zero-order valence-corrected chi connectivity index (χ0v) is 10.9. The maximum atomic E-state index is 12.3. The molecule has 2 rings (SSSR count). The topological polar surface area (TPSA) is 60.2 Å². The molecule has 2 aromatic rings. The summed E-state index contributed by atoms with van der Waals surface area (Å²) in [6, 6.07) is 6.04. The van der Waals surface area contributed by atoms with Crippen molar-refractivity contribution in [1.29, 1.82) is 0 Å². The van der Waals surface area contributed by atoms with Crippen molar-refractivity contribution in [3.8, 4) is 11.3 Å². The van der Waals surface area contributed by atoms with Crippen LogP contribution in [0.15, 0.2) is 33.7 Å². The van der Waals surface area contributed by atoms with Gasteiger partial charge in [-0.05, 0) is 18.6 Å². The number of nitrogens with zero attached hydrogens (tertiary/aromatic N) is 1. The molecule has 96 valence electrons. The van der Waals surface area contributed by atoms with Crippen molar-refractivity contribution < 1.29 is 17.3 Å². The molecule has 0 N–H and O–H groups in total. The molecule has 0 aliphatic rings. The van der Waals surface area contributed by atoms with E-state index in [0.717, 1.165) is 0 Å². The number of aryl methyl sites for hydroxylation is 1. The van der Waals surface area contributed by atoms with E-state index in [2.05, 4.69) is 5.16 Å². The van der Waals surface area contributed by atoms with Gasteiger partial charge in [0.2, 0.25) is 0 Å². The number of benzene rings is 1. The van der Waals surface area contributed by atoms with Crippen molar-refractivity contribution in [3.63, 3.8) is 0 Å². The lowest BCUT2D eigenvalue weighted by molar-refractivity contribution is 0.396. The smallest absolute Gasteiger partial charge is 0.261 e. The Morgan fingerprint density at radius 3 is 2.67 bits per heavy atom. The number of halogens is 2. The maximum Gasteiger partial charge on any atom is 0.261 e. The summed E-state index contributed by atoms with van der Waals surface area (Å²) in [5.74, 6) is 0.296. The van der Waals surface area contributed by atoms with Gasteiger partial charge in [0, 0.05) is 22.3 Å². The first-order chi connectivity index (χ1) is 8.41. The zero-order chi connectivity index (χ0) is 13.3. The van der Waals surface area contributed by atoms with Crippen LogP contribution < -0.4 is 0 Å². The average molecular weight is 290 g/mol. The summed E-state index contributed by atoms with van der Waals surface area (Å²) in [5.41, 5.74) is 1.16. The second-order valence-electron chi connectivity index (χ2n) is 3.73. The van der Waals surface area contributed by atoms with Crippen molar-refractivity contribution in [2.45, 2.75) is 18.5 Å². The lowest BCUT2D eigenvalue weighted by atomic mass is 10.1. The molecular formula is C11H9ClFNO3S. The molecule has 0 saturated heterocycles. The standard InChI is InChI=1S/C11H9ClFNO3S/c1-7-2-3-8(4-11(7)18(12,15)16)10-5-9(6-13)14-17-10/h2-5H,6H2,1H3. The van der Waals surface area contributed by atoms with E-state index in [0.29, 0.717) is 16.9 Å². The van der Waals surface area contributed by atoms with Crippen LogP contribution in [0.1, 0.15) is 11.3 Å². The van der Waals surface area contributed by atoms with Gasteiger partial charge >= 0.3 is 0 Å². The Kier molecular flexibility index (Phi) is 3.41. The Morgan fingerprint density at radius 1 is 1.39 bits per heavy atom. The zero-order valence-electron chi connectivity index (χ0n) is 9.35. The van der Waals surface area contributed by atoms with E-state index in [-0.39, 0.29) is 10.6 Å². The van der Waals surface area contributed by atoms with Crippen LogP contribution in [0, 0.1) is 6.92 Å². The normalized spacial score (nSPS) is 11.7. The van der Waals surface area contributed by atoms with E-state index < -0.39 is 15.7 Å². The minimum absolute atomic E-state index is 0.000125. The largest absolute Gasteiger partial charge is 0.356 e. The Hall–Kier alpha value is -1.40. The molecule has 0 unspecified atom stereocenters. The Bertz CT molecular complexity index is 681. The van der Waals surface area contributed by atoms with E-state index in [1.165, 1.54) is 12.1 Å². The van der Waals surface area contributed by atoms with Crippen molar-refractivity contribution in [3.05, 3.63) is 35.5 Å². The van der Waals surface area contributed by atoms with Gasteiger partial charge in [0.1, 0.15) is 12.4 Å². The highest BCUT2D eigenvalue weighted by Gasteiger charge is 2.16. The molecule has 0 saturated carbocycles. The first kappa shape index (κ1) is 13.0. The van der Waals surface area contributed by atoms with Crippen LogP contribution in [0.4, 0.5) is 4.39 Å². The van der Waals surface area contributed by atoms with Crippen LogP contribution in [0.25, 0.3) is 11.3 Å². The minimum Gasteiger partial charge on any atom is -0.356 e. The summed E-state index contributed by atoms with van der Waals surface area (Å²) in [5, 5.41) is 3.49. The van der Waals surface area contributed by atoms with E-state index in [4.69, 9.17) is 15.2 Å². The van der Waals surface area contributed by atoms with Crippen molar-refractivity contribution >= 4 is 19.7 Å². The third-order valence-electron chi connectivity index (χ3n) is 2.43. The van der Waals surface area contributed by atoms with Gasteiger partial charge < -0.3 is 4.52 Å². The van der Waals surface area contributed by atoms with Gasteiger partial charge in [-0.2, -0.15) is 0 Å². The molecular weight excluding hydrogens is 281 g/mol. The fraction of sp³-hybridized carbons (Fsp3) is 0.182. The molecule has 0 fully saturated rings. The van der Waals surface area contributed by atoms with Crippen molar-refractivity contribution in [2.24, 2.45) is 0 Å². The molecule has 0 atom stereocenters. The molecule has 0 aliphatic heterocycles. The lowest BCUT2D eigenvalue weighted by Crippen LogP contribution is -1.94. The number of aromatic nitrogens is 1. The molecule has 1 heterocycles. The van der Waals surface area contributed by atoms with E-state index >= 15 is 0 Å². The summed E-state index contributed by atoms with van der Waals surface area (Å²) >= 11 is 0. The van der Waals surface area contributed by atoms with Gasteiger partial charge in [-0.1, -0.05) is 17.3 Å². The molecule has 0 bridgehead atoms. The molecule has 18 heavy (non-hydrogen) atoms. The number of alkyl halides is 1. The van der Waals surface area contributed by atoms with Gasteiger partial charge in [0.05, 0.1) is 4.90 Å². The monoisotopic (exact) mass is 289 g/mol. The molecule has 0 radical (unpaired) electrons. The number of hydrogen-bond acceptors (Lipinski definition) is 4. The van der Waals surface area contributed by atoms with Gasteiger partial charge in [-0.3, -0.25) is 0 Å². The molecule has 7 heteroatoms. The van der Waals surface area contributed by atoms with E-state index in [9.17, 15) is 12.8 Å². The summed E-state index contributed by atoms with van der Waals surface area (Å²) in [6.45, 7) is 0.891. The van der Waals surface area contributed by atoms with E-state index in [1.807, 2.05) is 0 Å². The highest BCUT2D eigenvalue weighted by molar-refractivity contribution is 8.13. The lowest BCUT2D eigenvalue weighted by Gasteiger charge is -2.03. The molecule has 1 aromatic carbocycles. The Balaban J connectivity index is 2.53. The average Bonchev–Trinajstić information content (AvgIpc) is 2.76. The van der Waals surface area contributed by atoms with Gasteiger partial charge in [0.15, 0.2) is 5.76 Å². The molecule has 1 aromatic heterocycles. The van der Waals surface area contributed by atoms with Crippen LogP contribution >= 0.6 is 10.7 Å². The second-order valence-corrected chi connectivity index (χ2v) is 6.27. The third-order valence-corrected chi connectivity index (χ3v) is 3.90. The van der Waals surface area contributed by atoms with Gasteiger partial charge in [-0.25, -0.2) is 12.8 Å². The highest BCUT2D eigenvalue weighted by Crippen LogP contribution is 2.27. The first-order valence-electron chi connectivity index (χ1n) is 4.99.